The van der Waals surface area contributed by atoms with Gasteiger partial charge >= 0.3 is 0 Å². The average molecular weight is 239 g/mol. The van der Waals surface area contributed by atoms with E-state index in [1.54, 1.807) is 6.20 Å². The number of piperidine rings is 1. The maximum Gasteiger partial charge on any atom is 0.255 e. The Labute approximate surface area is 100 Å². The molecule has 1 amide bonds. The molecule has 1 aromatic heterocycles. The third-order valence-corrected chi connectivity index (χ3v) is 3.17. The topological polar surface area (TPSA) is 33.2 Å². The van der Waals surface area contributed by atoms with Crippen molar-refractivity contribution < 1.29 is 4.79 Å². The molecule has 1 aromatic rings. The van der Waals surface area contributed by atoms with E-state index in [-0.39, 0.29) is 11.3 Å². The smallest absolute Gasteiger partial charge is 0.255 e. The Morgan fingerprint density at radius 3 is 3.00 bits per heavy atom. The third-order valence-electron chi connectivity index (χ3n) is 2.81. The minimum atomic E-state index is 0.0397. The van der Waals surface area contributed by atoms with Crippen LogP contribution in [0.1, 0.15) is 28.9 Å². The number of nitrogens with zero attached hydrogens (tertiary/aromatic N) is 2. The van der Waals surface area contributed by atoms with E-state index in [2.05, 4.69) is 4.98 Å². The van der Waals surface area contributed by atoms with Gasteiger partial charge in [0.05, 0.1) is 10.9 Å². The monoisotopic (exact) mass is 238 g/mol. The molecule has 1 atom stereocenters. The molecule has 0 radical (unpaired) electrons. The van der Waals surface area contributed by atoms with Crippen molar-refractivity contribution in [2.75, 3.05) is 13.1 Å². The highest BCUT2D eigenvalue weighted by atomic mass is 35.5. The molecule has 2 heterocycles. The van der Waals surface area contributed by atoms with Gasteiger partial charge in [-0.1, -0.05) is 0 Å². The van der Waals surface area contributed by atoms with Crippen LogP contribution in [0, 0.1) is 6.92 Å². The van der Waals surface area contributed by atoms with Crippen molar-refractivity contribution in [2.24, 2.45) is 0 Å². The molecule has 0 saturated carbocycles. The number of hydrogen-bond donors (Lipinski definition) is 0. The van der Waals surface area contributed by atoms with E-state index >= 15 is 0 Å². The van der Waals surface area contributed by atoms with Crippen LogP contribution >= 0.6 is 11.6 Å². The van der Waals surface area contributed by atoms with Crippen LogP contribution in [0.5, 0.6) is 0 Å². The first-order valence-electron chi connectivity index (χ1n) is 5.53. The molecule has 1 aliphatic heterocycles. The van der Waals surface area contributed by atoms with Gasteiger partial charge in [0.1, 0.15) is 0 Å². The maximum atomic E-state index is 12.1. The highest BCUT2D eigenvalue weighted by Crippen LogP contribution is 2.17. The summed E-state index contributed by atoms with van der Waals surface area (Å²) in [6.45, 7) is 3.36. The average Bonchev–Trinajstić information content (AvgIpc) is 2.29. The zero-order valence-corrected chi connectivity index (χ0v) is 10.1. The van der Waals surface area contributed by atoms with Gasteiger partial charge in [-0.05, 0) is 31.9 Å². The Hall–Kier alpha value is -1.09. The molecule has 4 heteroatoms. The van der Waals surface area contributed by atoms with E-state index in [1.807, 2.05) is 24.0 Å². The summed E-state index contributed by atoms with van der Waals surface area (Å²) in [5.74, 6) is 0.0397. The molecule has 1 saturated heterocycles. The van der Waals surface area contributed by atoms with Crippen molar-refractivity contribution in [1.82, 2.24) is 9.88 Å². The van der Waals surface area contributed by atoms with Gasteiger partial charge in [0, 0.05) is 25.0 Å². The van der Waals surface area contributed by atoms with Gasteiger partial charge in [-0.3, -0.25) is 9.78 Å². The second kappa shape index (κ2) is 4.83. The van der Waals surface area contributed by atoms with Gasteiger partial charge in [0.25, 0.3) is 5.91 Å². The molecule has 1 aliphatic rings. The lowest BCUT2D eigenvalue weighted by atomic mass is 10.1. The number of aromatic nitrogens is 1. The Balaban J connectivity index is 2.09. The number of aryl methyl sites for hydroxylation is 1. The Morgan fingerprint density at radius 2 is 2.38 bits per heavy atom. The standard InChI is InChI=1S/C12H15ClN2O/c1-9-4-5-10(7-14-9)12(16)15-6-2-3-11(13)8-15/h4-5,7,11H,2-3,6,8H2,1H3. The lowest BCUT2D eigenvalue weighted by Gasteiger charge is -2.29. The van der Waals surface area contributed by atoms with E-state index in [9.17, 15) is 4.79 Å². The molecule has 0 N–H and O–H groups in total. The van der Waals surface area contributed by atoms with Gasteiger partial charge in [0.2, 0.25) is 0 Å². The highest BCUT2D eigenvalue weighted by Gasteiger charge is 2.23. The number of alkyl halides is 1. The molecule has 86 valence electrons. The summed E-state index contributed by atoms with van der Waals surface area (Å²) in [6, 6.07) is 3.68. The van der Waals surface area contributed by atoms with Gasteiger partial charge in [0.15, 0.2) is 0 Å². The lowest BCUT2D eigenvalue weighted by Crippen LogP contribution is -2.40. The maximum absolute atomic E-state index is 12.1. The fraction of sp³-hybridized carbons (Fsp3) is 0.500. The second-order valence-electron chi connectivity index (χ2n) is 4.18. The predicted molar refractivity (Wildman–Crippen MR) is 63.8 cm³/mol. The Bertz CT molecular complexity index is 377. The first kappa shape index (κ1) is 11.4. The minimum absolute atomic E-state index is 0.0397. The summed E-state index contributed by atoms with van der Waals surface area (Å²) in [5, 5.41) is 0.0936. The van der Waals surface area contributed by atoms with Crippen molar-refractivity contribution in [3.05, 3.63) is 29.6 Å². The number of amides is 1. The first-order valence-corrected chi connectivity index (χ1v) is 5.96. The molecule has 0 aromatic carbocycles. The summed E-state index contributed by atoms with van der Waals surface area (Å²) in [5.41, 5.74) is 1.57. The molecule has 2 rings (SSSR count). The fourth-order valence-electron chi connectivity index (χ4n) is 1.89. The Kier molecular flexibility index (Phi) is 3.44. The van der Waals surface area contributed by atoms with Gasteiger partial charge in [-0.15, -0.1) is 11.6 Å². The molecule has 1 unspecified atom stereocenters. The van der Waals surface area contributed by atoms with Crippen LogP contribution in [-0.2, 0) is 0 Å². The summed E-state index contributed by atoms with van der Waals surface area (Å²) in [7, 11) is 0. The van der Waals surface area contributed by atoms with Crippen molar-refractivity contribution in [2.45, 2.75) is 25.1 Å². The zero-order valence-electron chi connectivity index (χ0n) is 9.32. The first-order chi connectivity index (χ1) is 7.66. The van der Waals surface area contributed by atoms with Crippen molar-refractivity contribution in [3.8, 4) is 0 Å². The minimum Gasteiger partial charge on any atom is -0.337 e. The number of hydrogen-bond acceptors (Lipinski definition) is 2. The molecule has 0 bridgehead atoms. The summed E-state index contributed by atoms with van der Waals surface area (Å²) >= 11 is 6.06. The van der Waals surface area contributed by atoms with E-state index in [0.29, 0.717) is 12.1 Å². The number of rotatable bonds is 1. The molecular formula is C12H15ClN2O. The summed E-state index contributed by atoms with van der Waals surface area (Å²) in [6.07, 6.45) is 3.62. The number of carbonyl (C=O) groups excluding carboxylic acids is 1. The van der Waals surface area contributed by atoms with E-state index in [0.717, 1.165) is 25.1 Å². The van der Waals surface area contributed by atoms with Crippen LogP contribution in [0.2, 0.25) is 0 Å². The second-order valence-corrected chi connectivity index (χ2v) is 4.80. The van der Waals surface area contributed by atoms with Gasteiger partial charge in [-0.25, -0.2) is 0 Å². The van der Waals surface area contributed by atoms with Crippen molar-refractivity contribution in [3.63, 3.8) is 0 Å². The van der Waals surface area contributed by atoms with Crippen LogP contribution in [0.15, 0.2) is 18.3 Å². The van der Waals surface area contributed by atoms with Crippen LogP contribution in [0.4, 0.5) is 0 Å². The molecule has 0 spiro atoms. The highest BCUT2D eigenvalue weighted by molar-refractivity contribution is 6.21. The van der Waals surface area contributed by atoms with E-state index in [1.165, 1.54) is 0 Å². The van der Waals surface area contributed by atoms with Gasteiger partial charge < -0.3 is 4.90 Å². The molecule has 0 aliphatic carbocycles. The molecule has 3 nitrogen and oxygen atoms in total. The van der Waals surface area contributed by atoms with Crippen LogP contribution in [0.3, 0.4) is 0 Å². The lowest BCUT2D eigenvalue weighted by molar-refractivity contribution is 0.0726. The molecule has 1 fully saturated rings. The number of likely N-dealkylation sites (tertiary alicyclic amines) is 1. The number of carbonyl (C=O) groups is 1. The van der Waals surface area contributed by atoms with Crippen molar-refractivity contribution in [1.29, 1.82) is 0 Å². The summed E-state index contributed by atoms with van der Waals surface area (Å²) < 4.78 is 0. The number of pyridine rings is 1. The fourth-order valence-corrected chi connectivity index (χ4v) is 2.21. The van der Waals surface area contributed by atoms with Crippen LogP contribution in [-0.4, -0.2) is 34.3 Å². The van der Waals surface area contributed by atoms with Crippen LogP contribution < -0.4 is 0 Å². The van der Waals surface area contributed by atoms with E-state index < -0.39 is 0 Å². The SMILES string of the molecule is Cc1ccc(C(=O)N2CCCC(Cl)C2)cn1. The van der Waals surface area contributed by atoms with Crippen LogP contribution in [0.25, 0.3) is 0 Å². The molecular weight excluding hydrogens is 224 g/mol. The summed E-state index contributed by atoms with van der Waals surface area (Å²) in [4.78, 5) is 18.0. The zero-order chi connectivity index (χ0) is 11.5. The normalized spacial score (nSPS) is 20.9. The third kappa shape index (κ3) is 2.53. The largest absolute Gasteiger partial charge is 0.337 e. The van der Waals surface area contributed by atoms with Crippen molar-refractivity contribution >= 4 is 17.5 Å². The Morgan fingerprint density at radius 1 is 1.56 bits per heavy atom. The number of halogens is 1. The quantitative estimate of drug-likeness (QED) is 0.703. The van der Waals surface area contributed by atoms with Gasteiger partial charge in [-0.2, -0.15) is 0 Å². The molecule has 16 heavy (non-hydrogen) atoms. The predicted octanol–water partition coefficient (Wildman–Crippen LogP) is 2.23. The van der Waals surface area contributed by atoms with E-state index in [4.69, 9.17) is 11.6 Å².